The largest absolute Gasteiger partial charge is 0.376 e. The summed E-state index contributed by atoms with van der Waals surface area (Å²) in [6.07, 6.45) is 2.42. The molecule has 0 fully saturated rings. The van der Waals surface area contributed by atoms with Crippen molar-refractivity contribution >= 4 is 51.3 Å². The van der Waals surface area contributed by atoms with Crippen molar-refractivity contribution in [3.8, 4) is 0 Å². The van der Waals surface area contributed by atoms with Crippen molar-refractivity contribution < 1.29 is 4.79 Å². The summed E-state index contributed by atoms with van der Waals surface area (Å²) in [6, 6.07) is 13.3. The van der Waals surface area contributed by atoms with E-state index in [0.29, 0.717) is 21.6 Å². The van der Waals surface area contributed by atoms with Crippen LogP contribution in [-0.2, 0) is 11.2 Å². The highest BCUT2D eigenvalue weighted by Crippen LogP contribution is 2.25. The molecule has 2 N–H and O–H groups in total. The van der Waals surface area contributed by atoms with Gasteiger partial charge in [-0.05, 0) is 48.4 Å². The topological polar surface area (TPSA) is 54.0 Å². The molecule has 1 aromatic heterocycles. The van der Waals surface area contributed by atoms with Gasteiger partial charge in [-0.1, -0.05) is 35.3 Å². The van der Waals surface area contributed by atoms with Crippen LogP contribution in [0.4, 0.5) is 10.8 Å². The first-order chi connectivity index (χ1) is 12.5. The monoisotopic (exact) mass is 405 g/mol. The Bertz CT molecular complexity index is 906. The minimum absolute atomic E-state index is 0.141. The van der Waals surface area contributed by atoms with Crippen LogP contribution in [0.3, 0.4) is 0 Å². The molecule has 0 aliphatic heterocycles. The number of aromatic nitrogens is 1. The number of hydrogen-bond acceptors (Lipinski definition) is 4. The summed E-state index contributed by atoms with van der Waals surface area (Å²) in [6.45, 7) is 2.19. The van der Waals surface area contributed by atoms with Gasteiger partial charge in [-0.25, -0.2) is 4.98 Å². The summed E-state index contributed by atoms with van der Waals surface area (Å²) in [5.74, 6) is -0.141. The Labute approximate surface area is 166 Å². The standard InChI is InChI=1S/C19H17Cl2N3OS/c1-12-3-2-4-16(5-12)22-11-18(25)24-19-23-10-17(26-19)8-13-6-14(20)9-15(21)7-13/h2-7,9-10,22H,8,11H2,1H3,(H,23,24,25). The maximum atomic E-state index is 12.1. The number of thiazole rings is 1. The molecule has 134 valence electrons. The number of carbonyl (C=O) groups is 1. The van der Waals surface area contributed by atoms with Gasteiger partial charge < -0.3 is 10.6 Å². The van der Waals surface area contributed by atoms with E-state index in [-0.39, 0.29) is 12.5 Å². The second kappa shape index (κ2) is 8.54. The number of nitrogens with zero attached hydrogens (tertiary/aromatic N) is 1. The highest BCUT2D eigenvalue weighted by atomic mass is 35.5. The fourth-order valence-electron chi connectivity index (χ4n) is 2.46. The van der Waals surface area contributed by atoms with Gasteiger partial charge in [0.1, 0.15) is 0 Å². The summed E-state index contributed by atoms with van der Waals surface area (Å²) >= 11 is 13.5. The van der Waals surface area contributed by atoms with E-state index in [2.05, 4.69) is 15.6 Å². The van der Waals surface area contributed by atoms with Crippen LogP contribution in [0.2, 0.25) is 10.0 Å². The van der Waals surface area contributed by atoms with Crippen molar-refractivity contribution in [3.63, 3.8) is 0 Å². The number of benzene rings is 2. The lowest BCUT2D eigenvalue weighted by molar-refractivity contribution is -0.114. The summed E-state index contributed by atoms with van der Waals surface area (Å²) in [5, 5.41) is 7.69. The maximum absolute atomic E-state index is 12.1. The summed E-state index contributed by atoms with van der Waals surface area (Å²) in [7, 11) is 0. The average Bonchev–Trinajstić information content (AvgIpc) is 2.99. The van der Waals surface area contributed by atoms with Crippen molar-refractivity contribution in [3.05, 3.63) is 74.7 Å². The Morgan fingerprint density at radius 2 is 1.92 bits per heavy atom. The molecular formula is C19H17Cl2N3OS. The molecule has 3 rings (SSSR count). The van der Waals surface area contributed by atoms with Crippen molar-refractivity contribution in [1.29, 1.82) is 0 Å². The predicted octanol–water partition coefficient (Wildman–Crippen LogP) is 5.40. The zero-order chi connectivity index (χ0) is 18.5. The summed E-state index contributed by atoms with van der Waals surface area (Å²) < 4.78 is 0. The van der Waals surface area contributed by atoms with Gasteiger partial charge >= 0.3 is 0 Å². The molecule has 1 amide bonds. The lowest BCUT2D eigenvalue weighted by atomic mass is 10.1. The first-order valence-corrected chi connectivity index (χ1v) is 9.55. The molecular weight excluding hydrogens is 389 g/mol. The average molecular weight is 406 g/mol. The van der Waals surface area contributed by atoms with Crippen LogP contribution in [-0.4, -0.2) is 17.4 Å². The molecule has 0 spiro atoms. The number of aryl methyl sites for hydroxylation is 1. The molecule has 0 atom stereocenters. The van der Waals surface area contributed by atoms with Crippen LogP contribution in [0.25, 0.3) is 0 Å². The zero-order valence-electron chi connectivity index (χ0n) is 14.1. The normalized spacial score (nSPS) is 10.6. The van der Waals surface area contributed by atoms with Gasteiger partial charge in [0.25, 0.3) is 0 Å². The van der Waals surface area contributed by atoms with Gasteiger partial charge in [0, 0.05) is 33.2 Å². The molecule has 1 heterocycles. The van der Waals surface area contributed by atoms with Crippen LogP contribution in [0.1, 0.15) is 16.0 Å². The number of anilines is 2. The van der Waals surface area contributed by atoms with Gasteiger partial charge in [-0.3, -0.25) is 4.79 Å². The molecule has 26 heavy (non-hydrogen) atoms. The first-order valence-electron chi connectivity index (χ1n) is 7.98. The second-order valence-electron chi connectivity index (χ2n) is 5.86. The Morgan fingerprint density at radius 3 is 2.65 bits per heavy atom. The molecule has 0 bridgehead atoms. The Hall–Kier alpha value is -2.08. The molecule has 0 aliphatic carbocycles. The molecule has 0 unspecified atom stereocenters. The third-order valence-electron chi connectivity index (χ3n) is 3.57. The van der Waals surface area contributed by atoms with E-state index in [9.17, 15) is 4.79 Å². The molecule has 0 aliphatic rings. The molecule has 7 heteroatoms. The van der Waals surface area contributed by atoms with E-state index in [4.69, 9.17) is 23.2 Å². The minimum atomic E-state index is -0.141. The van der Waals surface area contributed by atoms with Gasteiger partial charge in [-0.15, -0.1) is 11.3 Å². The SMILES string of the molecule is Cc1cccc(NCC(=O)Nc2ncc(Cc3cc(Cl)cc(Cl)c3)s2)c1. The molecule has 0 saturated heterocycles. The fraction of sp³-hybridized carbons (Fsp3) is 0.158. The quantitative estimate of drug-likeness (QED) is 0.576. The van der Waals surface area contributed by atoms with Crippen molar-refractivity contribution in [2.45, 2.75) is 13.3 Å². The third-order valence-corrected chi connectivity index (χ3v) is 4.92. The van der Waals surface area contributed by atoms with Gasteiger partial charge in [-0.2, -0.15) is 0 Å². The van der Waals surface area contributed by atoms with Crippen molar-refractivity contribution in [1.82, 2.24) is 4.98 Å². The van der Waals surface area contributed by atoms with E-state index >= 15 is 0 Å². The lowest BCUT2D eigenvalue weighted by Crippen LogP contribution is -2.21. The third kappa shape index (κ3) is 5.46. The smallest absolute Gasteiger partial charge is 0.245 e. The van der Waals surface area contributed by atoms with E-state index in [0.717, 1.165) is 21.7 Å². The molecule has 3 aromatic rings. The van der Waals surface area contributed by atoms with Crippen LogP contribution in [0.5, 0.6) is 0 Å². The van der Waals surface area contributed by atoms with E-state index in [1.54, 1.807) is 12.3 Å². The zero-order valence-corrected chi connectivity index (χ0v) is 16.4. The lowest BCUT2D eigenvalue weighted by Gasteiger charge is -2.06. The highest BCUT2D eigenvalue weighted by molar-refractivity contribution is 7.15. The highest BCUT2D eigenvalue weighted by Gasteiger charge is 2.08. The van der Waals surface area contributed by atoms with E-state index < -0.39 is 0 Å². The van der Waals surface area contributed by atoms with Crippen LogP contribution in [0.15, 0.2) is 48.7 Å². The van der Waals surface area contributed by atoms with Crippen LogP contribution < -0.4 is 10.6 Å². The van der Waals surface area contributed by atoms with E-state index in [1.165, 1.54) is 11.3 Å². The van der Waals surface area contributed by atoms with Gasteiger partial charge in [0.05, 0.1) is 6.54 Å². The van der Waals surface area contributed by atoms with Crippen molar-refractivity contribution in [2.75, 3.05) is 17.2 Å². The summed E-state index contributed by atoms with van der Waals surface area (Å²) in [5.41, 5.74) is 3.06. The van der Waals surface area contributed by atoms with Crippen LogP contribution in [0, 0.1) is 6.92 Å². The number of nitrogens with one attached hydrogen (secondary N) is 2. The van der Waals surface area contributed by atoms with Crippen molar-refractivity contribution in [2.24, 2.45) is 0 Å². The Balaban J connectivity index is 1.55. The van der Waals surface area contributed by atoms with E-state index in [1.807, 2.05) is 43.3 Å². The summed E-state index contributed by atoms with van der Waals surface area (Å²) in [4.78, 5) is 17.4. The second-order valence-corrected chi connectivity index (χ2v) is 7.85. The minimum Gasteiger partial charge on any atom is -0.376 e. The van der Waals surface area contributed by atoms with Gasteiger partial charge in [0.2, 0.25) is 5.91 Å². The number of carbonyl (C=O) groups excluding carboxylic acids is 1. The number of rotatable bonds is 6. The first kappa shape index (κ1) is 18.7. The number of hydrogen-bond donors (Lipinski definition) is 2. The predicted molar refractivity (Wildman–Crippen MR) is 110 cm³/mol. The Morgan fingerprint density at radius 1 is 1.15 bits per heavy atom. The number of amides is 1. The fourth-order valence-corrected chi connectivity index (χ4v) is 3.90. The molecule has 0 radical (unpaired) electrons. The molecule has 4 nitrogen and oxygen atoms in total. The Kier molecular flexibility index (Phi) is 6.14. The molecule has 2 aromatic carbocycles. The molecule has 0 saturated carbocycles. The maximum Gasteiger partial charge on any atom is 0.245 e. The number of halogens is 2. The van der Waals surface area contributed by atoms with Gasteiger partial charge in [0.15, 0.2) is 5.13 Å². The van der Waals surface area contributed by atoms with Crippen LogP contribution >= 0.6 is 34.5 Å².